The van der Waals surface area contributed by atoms with Crippen molar-refractivity contribution in [1.29, 1.82) is 0 Å². The molecule has 0 rings (SSSR count). The molecule has 0 atom stereocenters. The standard InChI is InChI=1S/C6H18N3O4P/c1-4-7-11-14(10,12-8-5-2)13-9-6-3/h7-9H,4-6H2,1-3H3. The van der Waals surface area contributed by atoms with Gasteiger partial charge in [-0.1, -0.05) is 20.8 Å². The topological polar surface area (TPSA) is 80.9 Å². The van der Waals surface area contributed by atoms with E-state index in [4.69, 9.17) is 13.9 Å². The molecule has 0 aromatic rings. The van der Waals surface area contributed by atoms with Crippen molar-refractivity contribution in [2.24, 2.45) is 0 Å². The molecule has 0 aliphatic carbocycles. The van der Waals surface area contributed by atoms with E-state index in [2.05, 4.69) is 16.4 Å². The van der Waals surface area contributed by atoms with Crippen molar-refractivity contribution in [3.05, 3.63) is 0 Å². The first kappa shape index (κ1) is 14.0. The molecule has 0 saturated heterocycles. The minimum absolute atomic E-state index is 0.495. The van der Waals surface area contributed by atoms with Gasteiger partial charge in [0, 0.05) is 19.6 Å². The molecule has 0 amide bonds. The van der Waals surface area contributed by atoms with E-state index in [0.29, 0.717) is 19.6 Å². The maximum atomic E-state index is 11.6. The second kappa shape index (κ2) is 8.31. The minimum Gasteiger partial charge on any atom is -0.223 e. The summed E-state index contributed by atoms with van der Waals surface area (Å²) >= 11 is 0. The second-order valence-electron chi connectivity index (χ2n) is 2.21. The predicted octanol–water partition coefficient (Wildman–Crippen LogP) is 0.718. The Hall–Kier alpha value is -0.0100. The molecule has 0 fully saturated rings. The fourth-order valence-corrected chi connectivity index (χ4v) is 1.46. The van der Waals surface area contributed by atoms with Crippen LogP contribution in [0.3, 0.4) is 0 Å². The highest BCUT2D eigenvalue weighted by Crippen LogP contribution is 2.45. The van der Waals surface area contributed by atoms with E-state index in [1.54, 1.807) is 20.8 Å². The van der Waals surface area contributed by atoms with Crippen LogP contribution in [0.5, 0.6) is 0 Å². The Morgan fingerprint density at radius 1 is 0.857 bits per heavy atom. The highest BCUT2D eigenvalue weighted by molar-refractivity contribution is 7.48. The molecular weight excluding hydrogens is 209 g/mol. The van der Waals surface area contributed by atoms with Crippen molar-refractivity contribution in [1.82, 2.24) is 16.4 Å². The molecular formula is C6H18N3O4P. The lowest BCUT2D eigenvalue weighted by atomic mass is 10.8. The van der Waals surface area contributed by atoms with Crippen LogP contribution in [0, 0.1) is 0 Å². The van der Waals surface area contributed by atoms with E-state index in [9.17, 15) is 4.57 Å². The summed E-state index contributed by atoms with van der Waals surface area (Å²) in [7, 11) is -3.60. The highest BCUT2D eigenvalue weighted by atomic mass is 31.2. The molecule has 0 unspecified atom stereocenters. The summed E-state index contributed by atoms with van der Waals surface area (Å²) in [6, 6.07) is 0. The van der Waals surface area contributed by atoms with Gasteiger partial charge in [-0.15, -0.1) is 0 Å². The smallest absolute Gasteiger partial charge is 0.223 e. The molecule has 14 heavy (non-hydrogen) atoms. The van der Waals surface area contributed by atoms with Gasteiger partial charge < -0.3 is 0 Å². The van der Waals surface area contributed by atoms with Crippen LogP contribution < -0.4 is 16.4 Å². The van der Waals surface area contributed by atoms with Gasteiger partial charge in [-0.25, -0.2) is 4.57 Å². The van der Waals surface area contributed by atoms with Crippen LogP contribution in [0.2, 0.25) is 0 Å². The largest absolute Gasteiger partial charge is 0.524 e. The van der Waals surface area contributed by atoms with E-state index in [1.165, 1.54) is 0 Å². The first-order valence-corrected chi connectivity index (χ1v) is 5.99. The zero-order chi connectivity index (χ0) is 10.9. The summed E-state index contributed by atoms with van der Waals surface area (Å²) in [6.07, 6.45) is 0. The maximum Gasteiger partial charge on any atom is 0.524 e. The van der Waals surface area contributed by atoms with Crippen LogP contribution in [0.25, 0.3) is 0 Å². The van der Waals surface area contributed by atoms with Crippen LogP contribution in [-0.2, 0) is 18.4 Å². The van der Waals surface area contributed by atoms with Gasteiger partial charge >= 0.3 is 7.82 Å². The normalized spacial score (nSPS) is 11.9. The molecule has 0 spiro atoms. The Labute approximate surface area is 84.0 Å². The Bertz CT molecular complexity index is 152. The van der Waals surface area contributed by atoms with E-state index >= 15 is 0 Å². The first-order valence-electron chi connectivity index (χ1n) is 4.52. The third-order valence-electron chi connectivity index (χ3n) is 0.962. The molecule has 3 N–H and O–H groups in total. The lowest BCUT2D eigenvalue weighted by Gasteiger charge is -2.16. The molecule has 0 heterocycles. The SMILES string of the molecule is CCNOP(=O)(ONCC)ONCC. The van der Waals surface area contributed by atoms with Crippen molar-refractivity contribution >= 4 is 7.82 Å². The monoisotopic (exact) mass is 227 g/mol. The summed E-state index contributed by atoms with van der Waals surface area (Å²) in [5.41, 5.74) is 7.24. The number of hydrogen-bond donors (Lipinski definition) is 3. The summed E-state index contributed by atoms with van der Waals surface area (Å²) in [5.74, 6) is 0. The van der Waals surface area contributed by atoms with Gasteiger partial charge in [-0.05, 0) is 0 Å². The van der Waals surface area contributed by atoms with Gasteiger partial charge in [0.1, 0.15) is 0 Å². The molecule has 0 bridgehead atoms. The highest BCUT2D eigenvalue weighted by Gasteiger charge is 2.27. The van der Waals surface area contributed by atoms with Crippen LogP contribution in [0.4, 0.5) is 0 Å². The third kappa shape index (κ3) is 6.44. The Balaban J connectivity index is 3.97. The lowest BCUT2D eigenvalue weighted by Crippen LogP contribution is -2.23. The number of hydroxylamine groups is 3. The molecule has 0 radical (unpaired) electrons. The summed E-state index contributed by atoms with van der Waals surface area (Å²) < 4.78 is 25.8. The van der Waals surface area contributed by atoms with E-state index in [-0.39, 0.29) is 0 Å². The summed E-state index contributed by atoms with van der Waals surface area (Å²) in [4.78, 5) is 0. The average Bonchev–Trinajstić information content (AvgIpc) is 2.21. The predicted molar refractivity (Wildman–Crippen MR) is 51.9 cm³/mol. The molecule has 8 heteroatoms. The van der Waals surface area contributed by atoms with Crippen LogP contribution >= 0.6 is 7.82 Å². The van der Waals surface area contributed by atoms with Crippen LogP contribution in [0.1, 0.15) is 20.8 Å². The lowest BCUT2D eigenvalue weighted by molar-refractivity contribution is 0.0195. The van der Waals surface area contributed by atoms with Crippen molar-refractivity contribution < 1.29 is 18.4 Å². The molecule has 0 aromatic carbocycles. The Morgan fingerprint density at radius 3 is 1.36 bits per heavy atom. The minimum atomic E-state index is -3.60. The maximum absolute atomic E-state index is 11.6. The van der Waals surface area contributed by atoms with Gasteiger partial charge in [0.15, 0.2) is 0 Å². The zero-order valence-corrected chi connectivity index (χ0v) is 9.60. The number of rotatable bonds is 9. The summed E-state index contributed by atoms with van der Waals surface area (Å²) in [5, 5.41) is 0. The molecule has 0 aromatic heterocycles. The summed E-state index contributed by atoms with van der Waals surface area (Å²) in [6.45, 7) is 6.87. The third-order valence-corrected chi connectivity index (χ3v) is 2.02. The van der Waals surface area contributed by atoms with E-state index < -0.39 is 7.82 Å². The van der Waals surface area contributed by atoms with Crippen molar-refractivity contribution in [3.63, 3.8) is 0 Å². The van der Waals surface area contributed by atoms with Gasteiger partial charge in [-0.3, -0.25) is 0 Å². The fraction of sp³-hybridized carbons (Fsp3) is 1.00. The Kier molecular flexibility index (Phi) is 8.30. The van der Waals surface area contributed by atoms with Crippen molar-refractivity contribution in [2.75, 3.05) is 19.6 Å². The molecule has 0 saturated carbocycles. The molecule has 0 aliphatic heterocycles. The van der Waals surface area contributed by atoms with Crippen molar-refractivity contribution in [3.8, 4) is 0 Å². The molecule has 86 valence electrons. The fourth-order valence-electron chi connectivity index (χ4n) is 0.487. The second-order valence-corrected chi connectivity index (χ2v) is 3.66. The zero-order valence-electron chi connectivity index (χ0n) is 8.70. The number of hydrogen-bond acceptors (Lipinski definition) is 7. The number of nitrogens with one attached hydrogen (secondary N) is 3. The quantitative estimate of drug-likeness (QED) is 0.395. The van der Waals surface area contributed by atoms with Gasteiger partial charge in [0.2, 0.25) is 0 Å². The first-order chi connectivity index (χ1) is 6.68. The Morgan fingerprint density at radius 2 is 1.14 bits per heavy atom. The van der Waals surface area contributed by atoms with Crippen LogP contribution in [0.15, 0.2) is 0 Å². The van der Waals surface area contributed by atoms with Gasteiger partial charge in [-0.2, -0.15) is 30.3 Å². The van der Waals surface area contributed by atoms with Crippen LogP contribution in [-0.4, -0.2) is 19.6 Å². The van der Waals surface area contributed by atoms with E-state index in [0.717, 1.165) is 0 Å². The van der Waals surface area contributed by atoms with E-state index in [1.807, 2.05) is 0 Å². The molecule has 7 nitrogen and oxygen atoms in total. The molecule has 0 aliphatic rings. The van der Waals surface area contributed by atoms with Gasteiger partial charge in [0.05, 0.1) is 0 Å². The van der Waals surface area contributed by atoms with Crippen molar-refractivity contribution in [2.45, 2.75) is 20.8 Å². The van der Waals surface area contributed by atoms with Gasteiger partial charge in [0.25, 0.3) is 0 Å². The number of phosphoric acid groups is 1. The average molecular weight is 227 g/mol.